The van der Waals surface area contributed by atoms with Crippen molar-refractivity contribution in [3.8, 4) is 0 Å². The lowest BCUT2D eigenvalue weighted by atomic mass is 9.76. The fraction of sp³-hybridized carbons (Fsp3) is 0.556. The molecular formula is C18H25NO. The minimum Gasteiger partial charge on any atom is -0.375 e. The van der Waals surface area contributed by atoms with Gasteiger partial charge < -0.3 is 9.64 Å². The number of piperidine rings is 3. The van der Waals surface area contributed by atoms with E-state index >= 15 is 0 Å². The summed E-state index contributed by atoms with van der Waals surface area (Å²) in [4.78, 5) is 2.58. The van der Waals surface area contributed by atoms with Gasteiger partial charge in [-0.05, 0) is 36.3 Å². The summed E-state index contributed by atoms with van der Waals surface area (Å²) in [6, 6.07) is 10.4. The molecule has 2 atom stereocenters. The number of fused-ring (bicyclic) bond motifs is 3. The zero-order valence-corrected chi connectivity index (χ0v) is 12.4. The lowest BCUT2D eigenvalue weighted by Crippen LogP contribution is -2.45. The number of benzene rings is 1. The van der Waals surface area contributed by atoms with Gasteiger partial charge in [-0.15, -0.1) is 0 Å². The van der Waals surface area contributed by atoms with Crippen LogP contribution < -0.4 is 0 Å². The average molecular weight is 271 g/mol. The smallest absolute Gasteiger partial charge is 0.0721 e. The van der Waals surface area contributed by atoms with E-state index in [1.165, 1.54) is 43.6 Å². The molecule has 2 nitrogen and oxygen atoms in total. The lowest BCUT2D eigenvalue weighted by Gasteiger charge is -2.47. The van der Waals surface area contributed by atoms with Gasteiger partial charge in [-0.1, -0.05) is 43.7 Å². The SMILES string of the molecule is CC[C@H]1CN2CC[C@H]1C/C2=C/COCc1ccccc1. The molecule has 3 aliphatic heterocycles. The van der Waals surface area contributed by atoms with Gasteiger partial charge in [0.05, 0.1) is 13.2 Å². The highest BCUT2D eigenvalue weighted by Crippen LogP contribution is 2.39. The van der Waals surface area contributed by atoms with Gasteiger partial charge in [0.2, 0.25) is 0 Å². The fourth-order valence-corrected chi connectivity index (χ4v) is 3.59. The number of rotatable bonds is 5. The molecule has 0 N–H and O–H groups in total. The van der Waals surface area contributed by atoms with Crippen LogP contribution in [0.15, 0.2) is 42.1 Å². The fourth-order valence-electron chi connectivity index (χ4n) is 3.59. The molecule has 3 heterocycles. The molecule has 1 aromatic carbocycles. The molecule has 3 aliphatic rings. The Labute approximate surface area is 122 Å². The highest BCUT2D eigenvalue weighted by molar-refractivity contribution is 5.14. The highest BCUT2D eigenvalue weighted by Gasteiger charge is 2.35. The largest absolute Gasteiger partial charge is 0.375 e. The summed E-state index contributed by atoms with van der Waals surface area (Å²) in [6.07, 6.45) is 6.30. The first-order valence-corrected chi connectivity index (χ1v) is 7.92. The van der Waals surface area contributed by atoms with Crippen LogP contribution in [0.3, 0.4) is 0 Å². The van der Waals surface area contributed by atoms with E-state index in [1.807, 2.05) is 6.07 Å². The molecule has 0 radical (unpaired) electrons. The standard InChI is InChI=1S/C18H25NO/c1-2-16-13-19-10-8-17(16)12-18(19)9-11-20-14-15-6-4-3-5-7-15/h3-7,9,16-17H,2,8,10-14H2,1H3/b18-9-/t16-,17-/m0/s1. The van der Waals surface area contributed by atoms with Gasteiger partial charge in [-0.25, -0.2) is 0 Å². The van der Waals surface area contributed by atoms with Crippen LogP contribution >= 0.6 is 0 Å². The molecule has 1 aromatic rings. The maximum Gasteiger partial charge on any atom is 0.0721 e. The van der Waals surface area contributed by atoms with Crippen LogP contribution in [0.4, 0.5) is 0 Å². The second kappa shape index (κ2) is 6.45. The Bertz CT molecular complexity index is 454. The summed E-state index contributed by atoms with van der Waals surface area (Å²) >= 11 is 0. The van der Waals surface area contributed by atoms with E-state index in [4.69, 9.17) is 4.74 Å². The van der Waals surface area contributed by atoms with Crippen molar-refractivity contribution < 1.29 is 4.74 Å². The Morgan fingerprint density at radius 3 is 2.85 bits per heavy atom. The molecule has 4 rings (SSSR count). The van der Waals surface area contributed by atoms with Crippen molar-refractivity contribution in [2.45, 2.75) is 32.8 Å². The Hall–Kier alpha value is -1.28. The molecular weight excluding hydrogens is 246 g/mol. The summed E-state index contributed by atoms with van der Waals surface area (Å²) < 4.78 is 5.78. The van der Waals surface area contributed by atoms with Crippen LogP contribution in [0.25, 0.3) is 0 Å². The van der Waals surface area contributed by atoms with E-state index in [2.05, 4.69) is 42.2 Å². The first-order chi connectivity index (χ1) is 9.86. The molecule has 0 spiro atoms. The summed E-state index contributed by atoms with van der Waals surface area (Å²) in [5.41, 5.74) is 2.78. The van der Waals surface area contributed by atoms with Gasteiger partial charge in [-0.2, -0.15) is 0 Å². The normalized spacial score (nSPS) is 27.2. The van der Waals surface area contributed by atoms with Gasteiger partial charge in [0.25, 0.3) is 0 Å². The van der Waals surface area contributed by atoms with Gasteiger partial charge in [0, 0.05) is 18.8 Å². The first-order valence-electron chi connectivity index (χ1n) is 7.92. The number of hydrogen-bond acceptors (Lipinski definition) is 2. The van der Waals surface area contributed by atoms with Crippen LogP contribution in [0.5, 0.6) is 0 Å². The molecule has 20 heavy (non-hydrogen) atoms. The predicted octanol–water partition coefficient (Wildman–Crippen LogP) is 3.84. The molecule has 0 aromatic heterocycles. The van der Waals surface area contributed by atoms with E-state index in [0.29, 0.717) is 6.61 Å². The van der Waals surface area contributed by atoms with Crippen molar-refractivity contribution in [2.75, 3.05) is 19.7 Å². The second-order valence-corrected chi connectivity index (χ2v) is 6.06. The zero-order chi connectivity index (χ0) is 13.8. The van der Waals surface area contributed by atoms with Crippen LogP contribution in [0.1, 0.15) is 31.7 Å². The molecule has 3 fully saturated rings. The van der Waals surface area contributed by atoms with E-state index in [1.54, 1.807) is 0 Å². The third kappa shape index (κ3) is 3.06. The quantitative estimate of drug-likeness (QED) is 0.754. The van der Waals surface area contributed by atoms with E-state index in [0.717, 1.165) is 18.4 Å². The minimum atomic E-state index is 0.714. The van der Waals surface area contributed by atoms with Gasteiger partial charge in [-0.3, -0.25) is 0 Å². The van der Waals surface area contributed by atoms with Crippen molar-refractivity contribution >= 4 is 0 Å². The third-order valence-electron chi connectivity index (χ3n) is 4.84. The zero-order valence-electron chi connectivity index (χ0n) is 12.4. The van der Waals surface area contributed by atoms with Crippen molar-refractivity contribution in [3.05, 3.63) is 47.7 Å². The monoisotopic (exact) mass is 271 g/mol. The van der Waals surface area contributed by atoms with Crippen LogP contribution in [-0.4, -0.2) is 24.6 Å². The van der Waals surface area contributed by atoms with Crippen molar-refractivity contribution in [1.29, 1.82) is 0 Å². The average Bonchev–Trinajstić information content (AvgIpc) is 2.53. The van der Waals surface area contributed by atoms with Crippen LogP contribution in [0, 0.1) is 11.8 Å². The Kier molecular flexibility index (Phi) is 4.41. The summed E-state index contributed by atoms with van der Waals surface area (Å²) in [5.74, 6) is 1.84. The predicted molar refractivity (Wildman–Crippen MR) is 82.3 cm³/mol. The molecule has 2 heteroatoms. The minimum absolute atomic E-state index is 0.714. The van der Waals surface area contributed by atoms with E-state index in [9.17, 15) is 0 Å². The molecule has 2 bridgehead atoms. The van der Waals surface area contributed by atoms with E-state index in [-0.39, 0.29) is 0 Å². The number of allylic oxidation sites excluding steroid dienone is 1. The number of ether oxygens (including phenoxy) is 1. The van der Waals surface area contributed by atoms with Crippen molar-refractivity contribution in [2.24, 2.45) is 11.8 Å². The van der Waals surface area contributed by atoms with Gasteiger partial charge in [0.15, 0.2) is 0 Å². The Balaban J connectivity index is 1.48. The topological polar surface area (TPSA) is 12.5 Å². The Morgan fingerprint density at radius 2 is 2.15 bits per heavy atom. The summed E-state index contributed by atoms with van der Waals surface area (Å²) in [7, 11) is 0. The van der Waals surface area contributed by atoms with Crippen LogP contribution in [-0.2, 0) is 11.3 Å². The summed E-state index contributed by atoms with van der Waals surface area (Å²) in [5, 5.41) is 0. The molecule has 0 saturated carbocycles. The second-order valence-electron chi connectivity index (χ2n) is 6.06. The number of nitrogens with zero attached hydrogens (tertiary/aromatic N) is 1. The van der Waals surface area contributed by atoms with Crippen LogP contribution in [0.2, 0.25) is 0 Å². The highest BCUT2D eigenvalue weighted by atomic mass is 16.5. The third-order valence-corrected chi connectivity index (χ3v) is 4.84. The van der Waals surface area contributed by atoms with Crippen molar-refractivity contribution in [1.82, 2.24) is 4.90 Å². The van der Waals surface area contributed by atoms with Gasteiger partial charge in [0.1, 0.15) is 0 Å². The molecule has 0 unspecified atom stereocenters. The van der Waals surface area contributed by atoms with Gasteiger partial charge >= 0.3 is 0 Å². The molecule has 108 valence electrons. The molecule has 0 amide bonds. The first kappa shape index (κ1) is 13.7. The summed E-state index contributed by atoms with van der Waals surface area (Å²) in [6.45, 7) is 6.31. The van der Waals surface area contributed by atoms with Crippen molar-refractivity contribution in [3.63, 3.8) is 0 Å². The maximum absolute atomic E-state index is 5.78. The maximum atomic E-state index is 5.78. The van der Waals surface area contributed by atoms with E-state index < -0.39 is 0 Å². The number of hydrogen-bond donors (Lipinski definition) is 0. The Morgan fingerprint density at radius 1 is 1.30 bits per heavy atom. The molecule has 0 aliphatic carbocycles. The molecule has 3 saturated heterocycles. The lowest BCUT2D eigenvalue weighted by molar-refractivity contribution is 0.0844.